The minimum Gasteiger partial charge on any atom is -0.473 e. The van der Waals surface area contributed by atoms with Crippen LogP contribution < -0.4 is 14.5 Å². The van der Waals surface area contributed by atoms with E-state index in [1.807, 2.05) is 0 Å². The van der Waals surface area contributed by atoms with Gasteiger partial charge in [0.15, 0.2) is 5.60 Å². The van der Waals surface area contributed by atoms with Crippen molar-refractivity contribution in [3.63, 3.8) is 0 Å². The van der Waals surface area contributed by atoms with Gasteiger partial charge in [-0.2, -0.15) is 0 Å². The summed E-state index contributed by atoms with van der Waals surface area (Å²) in [4.78, 5) is 4.95. The van der Waals surface area contributed by atoms with Crippen LogP contribution in [-0.2, 0) is 10.3 Å². The molecule has 3 aliphatic heterocycles. The third-order valence-corrected chi connectivity index (χ3v) is 8.61. The Morgan fingerprint density at radius 1 is 0.615 bits per heavy atom. The standard InChI is InChI=1S/C35H36N2O2/c1-2-7-21-36(20-6-1)30-13-11-29(12-14-30)35(28-8-4-3-5-9-28)19-18-33-32-16-15-31(37-22-24-38-25-23-37)26-27(32)10-17-34(33)39-35/h3-5,8-19,26H,1-2,6-7,20-25H2. The molecule has 1 unspecified atom stereocenters. The van der Waals surface area contributed by atoms with Crippen LogP contribution in [0.25, 0.3) is 16.8 Å². The summed E-state index contributed by atoms with van der Waals surface area (Å²) in [5.74, 6) is 0.921. The predicted molar refractivity (Wildman–Crippen MR) is 161 cm³/mol. The number of hydrogen-bond acceptors (Lipinski definition) is 4. The van der Waals surface area contributed by atoms with Crippen molar-refractivity contribution in [3.8, 4) is 5.75 Å². The van der Waals surface area contributed by atoms with E-state index in [9.17, 15) is 0 Å². The highest BCUT2D eigenvalue weighted by Crippen LogP contribution is 2.44. The second-order valence-electron chi connectivity index (χ2n) is 11.0. The summed E-state index contributed by atoms with van der Waals surface area (Å²) in [7, 11) is 0. The van der Waals surface area contributed by atoms with Gasteiger partial charge in [-0.25, -0.2) is 0 Å². The minimum absolute atomic E-state index is 0.674. The molecule has 4 nitrogen and oxygen atoms in total. The Labute approximate surface area is 231 Å². The van der Waals surface area contributed by atoms with Crippen molar-refractivity contribution in [1.82, 2.24) is 0 Å². The van der Waals surface area contributed by atoms with Crippen LogP contribution >= 0.6 is 0 Å². The molecule has 0 spiro atoms. The molecule has 0 N–H and O–H groups in total. The van der Waals surface area contributed by atoms with Crippen LogP contribution in [0.4, 0.5) is 11.4 Å². The number of morpholine rings is 1. The summed E-state index contributed by atoms with van der Waals surface area (Å²) in [6, 6.07) is 30.8. The largest absolute Gasteiger partial charge is 0.473 e. The smallest absolute Gasteiger partial charge is 0.178 e. The Hall–Kier alpha value is -3.76. The lowest BCUT2D eigenvalue weighted by Gasteiger charge is -2.37. The topological polar surface area (TPSA) is 24.9 Å². The lowest BCUT2D eigenvalue weighted by molar-refractivity contribution is 0.122. The first kappa shape index (κ1) is 24.3. The summed E-state index contributed by atoms with van der Waals surface area (Å²) in [6.07, 6.45) is 9.76. The number of ether oxygens (including phenoxy) is 2. The molecule has 0 aromatic heterocycles. The third kappa shape index (κ3) is 4.57. The molecule has 2 saturated heterocycles. The molecule has 3 heterocycles. The van der Waals surface area contributed by atoms with E-state index in [0.29, 0.717) is 0 Å². The van der Waals surface area contributed by atoms with Crippen LogP contribution in [0, 0.1) is 0 Å². The molecule has 2 fully saturated rings. The fourth-order valence-electron chi connectivity index (χ4n) is 6.42. The van der Waals surface area contributed by atoms with E-state index < -0.39 is 5.60 Å². The van der Waals surface area contributed by atoms with E-state index in [0.717, 1.165) is 61.8 Å². The van der Waals surface area contributed by atoms with E-state index in [-0.39, 0.29) is 0 Å². The fraction of sp³-hybridized carbons (Fsp3) is 0.314. The van der Waals surface area contributed by atoms with Gasteiger partial charge in [0.1, 0.15) is 5.75 Å². The van der Waals surface area contributed by atoms with Crippen molar-refractivity contribution in [1.29, 1.82) is 0 Å². The van der Waals surface area contributed by atoms with Crippen molar-refractivity contribution >= 4 is 28.2 Å². The third-order valence-electron chi connectivity index (χ3n) is 8.61. The Morgan fingerprint density at radius 3 is 2.08 bits per heavy atom. The summed E-state index contributed by atoms with van der Waals surface area (Å²) in [6.45, 7) is 5.75. The second-order valence-corrected chi connectivity index (χ2v) is 11.0. The molecule has 1 atom stereocenters. The quantitative estimate of drug-likeness (QED) is 0.282. The summed E-state index contributed by atoms with van der Waals surface area (Å²) < 4.78 is 12.6. The predicted octanol–water partition coefficient (Wildman–Crippen LogP) is 7.41. The van der Waals surface area contributed by atoms with E-state index in [1.54, 1.807) is 0 Å². The van der Waals surface area contributed by atoms with Gasteiger partial charge < -0.3 is 19.3 Å². The van der Waals surface area contributed by atoms with Crippen molar-refractivity contribution in [2.75, 3.05) is 49.2 Å². The molecule has 0 radical (unpaired) electrons. The van der Waals surface area contributed by atoms with Crippen LogP contribution in [0.5, 0.6) is 5.75 Å². The van der Waals surface area contributed by atoms with Gasteiger partial charge in [0.25, 0.3) is 0 Å². The van der Waals surface area contributed by atoms with Gasteiger partial charge in [-0.1, -0.05) is 67.4 Å². The molecule has 39 heavy (non-hydrogen) atoms. The number of hydrogen-bond donors (Lipinski definition) is 0. The normalized spacial score (nSPS) is 21.3. The maximum atomic E-state index is 7.02. The molecule has 4 aromatic rings. The first-order valence-corrected chi connectivity index (χ1v) is 14.5. The SMILES string of the molecule is C1=CC(c2ccccc2)(c2ccc(N3CCCCCC3)cc2)Oc2ccc3cc(N4CCOCC4)ccc3c21. The molecule has 0 saturated carbocycles. The molecule has 0 bridgehead atoms. The van der Waals surface area contributed by atoms with Gasteiger partial charge in [0, 0.05) is 54.2 Å². The number of anilines is 2. The van der Waals surface area contributed by atoms with Gasteiger partial charge in [-0.15, -0.1) is 0 Å². The highest BCUT2D eigenvalue weighted by atomic mass is 16.5. The number of fused-ring (bicyclic) bond motifs is 3. The molecule has 198 valence electrons. The second kappa shape index (κ2) is 10.4. The van der Waals surface area contributed by atoms with E-state index in [4.69, 9.17) is 9.47 Å². The van der Waals surface area contributed by atoms with Gasteiger partial charge >= 0.3 is 0 Å². The Morgan fingerprint density at radius 2 is 1.31 bits per heavy atom. The van der Waals surface area contributed by atoms with Gasteiger partial charge in [-0.05, 0) is 66.1 Å². The lowest BCUT2D eigenvalue weighted by atomic mass is 9.83. The average Bonchev–Trinajstić information content (AvgIpc) is 3.31. The Bertz CT molecular complexity index is 1470. The summed E-state index contributed by atoms with van der Waals surface area (Å²) in [5, 5.41) is 2.46. The number of nitrogens with zero attached hydrogens (tertiary/aromatic N) is 2. The molecular formula is C35H36N2O2. The van der Waals surface area contributed by atoms with Crippen LogP contribution in [0.2, 0.25) is 0 Å². The average molecular weight is 517 g/mol. The van der Waals surface area contributed by atoms with Crippen molar-refractivity contribution < 1.29 is 9.47 Å². The van der Waals surface area contributed by atoms with Gasteiger partial charge in [0.05, 0.1) is 13.2 Å². The molecule has 0 amide bonds. The molecule has 4 aromatic carbocycles. The highest BCUT2D eigenvalue weighted by molar-refractivity contribution is 5.96. The van der Waals surface area contributed by atoms with Crippen molar-refractivity contribution in [2.24, 2.45) is 0 Å². The van der Waals surface area contributed by atoms with Crippen LogP contribution in [0.15, 0.2) is 91.0 Å². The molecule has 0 aliphatic carbocycles. The van der Waals surface area contributed by atoms with E-state index >= 15 is 0 Å². The molecule has 7 rings (SSSR count). The maximum Gasteiger partial charge on any atom is 0.178 e. The summed E-state index contributed by atoms with van der Waals surface area (Å²) in [5.41, 5.74) is 5.33. The summed E-state index contributed by atoms with van der Waals surface area (Å²) >= 11 is 0. The van der Waals surface area contributed by atoms with Crippen molar-refractivity contribution in [3.05, 3.63) is 108 Å². The number of rotatable bonds is 4. The molecular weight excluding hydrogens is 480 g/mol. The first-order chi connectivity index (χ1) is 19.3. The van der Waals surface area contributed by atoms with Crippen molar-refractivity contribution in [2.45, 2.75) is 31.3 Å². The highest BCUT2D eigenvalue weighted by Gasteiger charge is 2.37. The molecule has 3 aliphatic rings. The monoisotopic (exact) mass is 516 g/mol. The van der Waals surface area contributed by atoms with Crippen LogP contribution in [-0.4, -0.2) is 39.4 Å². The Balaban J connectivity index is 1.26. The fourth-order valence-corrected chi connectivity index (χ4v) is 6.42. The van der Waals surface area contributed by atoms with E-state index in [1.165, 1.54) is 47.8 Å². The van der Waals surface area contributed by atoms with Crippen LogP contribution in [0.3, 0.4) is 0 Å². The van der Waals surface area contributed by atoms with Gasteiger partial charge in [-0.3, -0.25) is 0 Å². The molecule has 4 heteroatoms. The first-order valence-electron chi connectivity index (χ1n) is 14.5. The zero-order chi connectivity index (χ0) is 26.1. The van der Waals surface area contributed by atoms with E-state index in [2.05, 4.69) is 107 Å². The lowest BCUT2D eigenvalue weighted by Crippen LogP contribution is -2.36. The Kier molecular flexibility index (Phi) is 6.49. The minimum atomic E-state index is -0.674. The van der Waals surface area contributed by atoms with Gasteiger partial charge in [0.2, 0.25) is 0 Å². The van der Waals surface area contributed by atoms with Crippen LogP contribution in [0.1, 0.15) is 42.4 Å². The zero-order valence-corrected chi connectivity index (χ0v) is 22.5. The number of benzene rings is 4. The zero-order valence-electron chi connectivity index (χ0n) is 22.5. The maximum absolute atomic E-state index is 7.02.